The summed E-state index contributed by atoms with van der Waals surface area (Å²) in [6.07, 6.45) is 6.51. The highest BCUT2D eigenvalue weighted by Crippen LogP contribution is 2.29. The molecule has 0 radical (unpaired) electrons. The van der Waals surface area contributed by atoms with Crippen LogP contribution in [0.4, 0.5) is 0 Å². The zero-order valence-electron chi connectivity index (χ0n) is 12.3. The van der Waals surface area contributed by atoms with E-state index >= 15 is 0 Å². The van der Waals surface area contributed by atoms with Crippen LogP contribution in [0.5, 0.6) is 11.6 Å². The quantitative estimate of drug-likeness (QED) is 0.590. The van der Waals surface area contributed by atoms with Gasteiger partial charge in [0.15, 0.2) is 6.61 Å². The number of rotatable bonds is 5. The Morgan fingerprint density at radius 2 is 2.04 bits per heavy atom. The summed E-state index contributed by atoms with van der Waals surface area (Å²) in [4.78, 5) is 15.8. The number of hydrogen-bond donors (Lipinski definition) is 0. The van der Waals surface area contributed by atoms with Crippen molar-refractivity contribution in [1.82, 2.24) is 4.98 Å². The Morgan fingerprint density at radius 3 is 2.65 bits per heavy atom. The van der Waals surface area contributed by atoms with Gasteiger partial charge in [-0.15, -0.1) is 6.42 Å². The van der Waals surface area contributed by atoms with Gasteiger partial charge in [-0.2, -0.15) is 0 Å². The highest BCUT2D eigenvalue weighted by atomic mass is 35.5. The maximum absolute atomic E-state index is 11.8. The molecule has 1 aromatic heterocycles. The van der Waals surface area contributed by atoms with E-state index in [-0.39, 0.29) is 18.5 Å². The minimum atomic E-state index is -0.422. The molecule has 0 N–H and O–H groups in total. The summed E-state index contributed by atoms with van der Waals surface area (Å²) < 4.78 is 10.5. The van der Waals surface area contributed by atoms with Crippen LogP contribution in [-0.4, -0.2) is 17.6 Å². The number of benzene rings is 1. The number of ether oxygens (including phenoxy) is 2. The van der Waals surface area contributed by atoms with Crippen molar-refractivity contribution in [3.8, 4) is 24.0 Å². The van der Waals surface area contributed by atoms with Gasteiger partial charge in [-0.3, -0.25) is 4.79 Å². The summed E-state index contributed by atoms with van der Waals surface area (Å²) in [5.74, 6) is 2.25. The fourth-order valence-electron chi connectivity index (χ4n) is 1.79. The van der Waals surface area contributed by atoms with Gasteiger partial charge in [0.2, 0.25) is 5.88 Å². The van der Waals surface area contributed by atoms with Crippen LogP contribution in [0.3, 0.4) is 0 Å². The molecule has 2 rings (SSSR count). The van der Waals surface area contributed by atoms with Crippen LogP contribution >= 0.6 is 23.2 Å². The maximum Gasteiger partial charge on any atom is 0.314 e. The van der Waals surface area contributed by atoms with E-state index in [9.17, 15) is 4.79 Å². The van der Waals surface area contributed by atoms with Crippen LogP contribution in [0.1, 0.15) is 18.4 Å². The minimum absolute atomic E-state index is 0.0366. The molecule has 1 unspecified atom stereocenters. The van der Waals surface area contributed by atoms with Crippen molar-refractivity contribution in [3.05, 3.63) is 52.1 Å². The molecule has 1 heterocycles. The zero-order valence-corrected chi connectivity index (χ0v) is 13.8. The van der Waals surface area contributed by atoms with Crippen LogP contribution in [0.15, 0.2) is 36.5 Å². The third-order valence-corrected chi connectivity index (χ3v) is 3.50. The normalized spacial score (nSPS) is 11.4. The van der Waals surface area contributed by atoms with Crippen LogP contribution in [0.25, 0.3) is 0 Å². The molecule has 0 aliphatic rings. The van der Waals surface area contributed by atoms with Gasteiger partial charge in [-0.25, -0.2) is 4.98 Å². The molecule has 0 amide bonds. The summed E-state index contributed by atoms with van der Waals surface area (Å²) in [6, 6.07) is 8.51. The number of aromatic nitrogens is 1. The van der Waals surface area contributed by atoms with Gasteiger partial charge in [0.1, 0.15) is 10.8 Å². The molecule has 2 aromatic rings. The highest BCUT2D eigenvalue weighted by Gasteiger charge is 2.16. The first-order valence-corrected chi connectivity index (χ1v) is 7.46. The summed E-state index contributed by atoms with van der Waals surface area (Å²) in [5, 5.41) is 0.741. The lowest BCUT2D eigenvalue weighted by atomic mass is 10.0. The minimum Gasteiger partial charge on any atom is -0.452 e. The molecule has 0 fully saturated rings. The molecule has 0 aliphatic heterocycles. The number of halogens is 2. The lowest BCUT2D eigenvalue weighted by Gasteiger charge is -2.11. The predicted molar refractivity (Wildman–Crippen MR) is 89.0 cm³/mol. The number of esters is 1. The molecular formula is C17H13Cl2NO3. The second-order valence-corrected chi connectivity index (χ2v) is 5.49. The monoisotopic (exact) mass is 349 g/mol. The van der Waals surface area contributed by atoms with E-state index in [0.29, 0.717) is 15.8 Å². The van der Waals surface area contributed by atoms with Gasteiger partial charge in [0.05, 0.1) is 10.9 Å². The first-order chi connectivity index (χ1) is 11.0. The molecule has 1 atom stereocenters. The Bertz CT molecular complexity index is 738. The maximum atomic E-state index is 11.8. The second kappa shape index (κ2) is 7.87. The summed E-state index contributed by atoms with van der Waals surface area (Å²) >= 11 is 11.8. The van der Waals surface area contributed by atoms with E-state index in [1.165, 1.54) is 6.20 Å². The van der Waals surface area contributed by atoms with Crippen molar-refractivity contribution >= 4 is 29.2 Å². The standard InChI is InChI=1S/C17H13Cl2NO3/c1-3-8-22-17(21)11(2)12-4-6-14(7-5-12)23-16-15(19)9-13(18)10-20-16/h1,4-7,9-11H,8H2,2H3. The molecular weight excluding hydrogens is 337 g/mol. The van der Waals surface area contributed by atoms with Crippen molar-refractivity contribution in [2.75, 3.05) is 6.61 Å². The van der Waals surface area contributed by atoms with E-state index in [2.05, 4.69) is 10.9 Å². The van der Waals surface area contributed by atoms with Crippen LogP contribution in [0, 0.1) is 12.3 Å². The number of nitrogens with zero attached hydrogens (tertiary/aromatic N) is 1. The van der Waals surface area contributed by atoms with Gasteiger partial charge >= 0.3 is 5.97 Å². The Hall–Kier alpha value is -2.22. The van der Waals surface area contributed by atoms with Crippen molar-refractivity contribution in [1.29, 1.82) is 0 Å². The third-order valence-electron chi connectivity index (χ3n) is 3.02. The van der Waals surface area contributed by atoms with E-state index in [4.69, 9.17) is 39.1 Å². The molecule has 23 heavy (non-hydrogen) atoms. The molecule has 0 saturated carbocycles. The molecule has 118 valence electrons. The molecule has 0 spiro atoms. The number of hydrogen-bond acceptors (Lipinski definition) is 4. The van der Waals surface area contributed by atoms with Crippen LogP contribution in [-0.2, 0) is 9.53 Å². The topological polar surface area (TPSA) is 48.4 Å². The van der Waals surface area contributed by atoms with Gasteiger partial charge in [0.25, 0.3) is 0 Å². The summed E-state index contributed by atoms with van der Waals surface area (Å²) in [5.41, 5.74) is 0.787. The molecule has 0 aliphatic carbocycles. The van der Waals surface area contributed by atoms with Crippen molar-refractivity contribution < 1.29 is 14.3 Å². The summed E-state index contributed by atoms with van der Waals surface area (Å²) in [6.45, 7) is 1.71. The Balaban J connectivity index is 2.07. The van der Waals surface area contributed by atoms with E-state index in [1.54, 1.807) is 37.3 Å². The molecule has 6 heteroatoms. The van der Waals surface area contributed by atoms with Gasteiger partial charge in [-0.1, -0.05) is 41.3 Å². The lowest BCUT2D eigenvalue weighted by molar-refractivity contribution is -0.143. The Kier molecular flexibility index (Phi) is 5.86. The van der Waals surface area contributed by atoms with E-state index in [0.717, 1.165) is 5.56 Å². The summed E-state index contributed by atoms with van der Waals surface area (Å²) in [7, 11) is 0. The van der Waals surface area contributed by atoms with Gasteiger partial charge in [0, 0.05) is 6.20 Å². The molecule has 0 saturated heterocycles. The SMILES string of the molecule is C#CCOC(=O)C(C)c1ccc(Oc2ncc(Cl)cc2Cl)cc1. The Morgan fingerprint density at radius 1 is 1.35 bits per heavy atom. The van der Waals surface area contributed by atoms with Crippen LogP contribution < -0.4 is 4.74 Å². The fraction of sp³-hybridized carbons (Fsp3) is 0.176. The molecule has 1 aromatic carbocycles. The lowest BCUT2D eigenvalue weighted by Crippen LogP contribution is -2.13. The van der Waals surface area contributed by atoms with Crippen molar-refractivity contribution in [3.63, 3.8) is 0 Å². The van der Waals surface area contributed by atoms with Gasteiger partial charge < -0.3 is 9.47 Å². The van der Waals surface area contributed by atoms with E-state index in [1.807, 2.05) is 0 Å². The molecule has 4 nitrogen and oxygen atoms in total. The Labute approximate surface area is 144 Å². The zero-order chi connectivity index (χ0) is 16.8. The average Bonchev–Trinajstić information content (AvgIpc) is 2.55. The number of carbonyl (C=O) groups excluding carboxylic acids is 1. The predicted octanol–water partition coefficient (Wildman–Crippen LogP) is 4.46. The third kappa shape index (κ3) is 4.62. The van der Waals surface area contributed by atoms with Crippen molar-refractivity contribution in [2.45, 2.75) is 12.8 Å². The number of pyridine rings is 1. The highest BCUT2D eigenvalue weighted by molar-refractivity contribution is 6.35. The first-order valence-electron chi connectivity index (χ1n) is 6.70. The number of carbonyl (C=O) groups is 1. The van der Waals surface area contributed by atoms with Crippen molar-refractivity contribution in [2.24, 2.45) is 0 Å². The largest absolute Gasteiger partial charge is 0.452 e. The fourth-order valence-corrected chi connectivity index (χ4v) is 2.21. The number of terminal acetylenes is 1. The van der Waals surface area contributed by atoms with Gasteiger partial charge in [-0.05, 0) is 30.7 Å². The second-order valence-electron chi connectivity index (χ2n) is 4.65. The van der Waals surface area contributed by atoms with E-state index < -0.39 is 5.92 Å². The average molecular weight is 350 g/mol. The molecule has 0 bridgehead atoms. The first kappa shape index (κ1) is 17.1. The van der Waals surface area contributed by atoms with Crippen LogP contribution in [0.2, 0.25) is 10.0 Å². The smallest absolute Gasteiger partial charge is 0.314 e.